The summed E-state index contributed by atoms with van der Waals surface area (Å²) < 4.78 is 11.6. The minimum atomic E-state index is -1.02. The van der Waals surface area contributed by atoms with Gasteiger partial charge >= 0.3 is 6.09 Å². The minimum Gasteiger partial charge on any atom is -0.497 e. The van der Waals surface area contributed by atoms with E-state index in [-0.39, 0.29) is 30.5 Å². The van der Waals surface area contributed by atoms with E-state index in [0.717, 1.165) is 44.4 Å². The largest absolute Gasteiger partial charge is 0.497 e. The molecule has 0 spiro atoms. The summed E-state index contributed by atoms with van der Waals surface area (Å²) in [5, 5.41) is 23.9. The van der Waals surface area contributed by atoms with E-state index >= 15 is 0 Å². The topological polar surface area (TPSA) is 145 Å². The molecule has 1 aromatic heterocycles. The number of aliphatic hydroxyl groups excluding tert-OH is 2. The Kier molecular flexibility index (Phi) is 9.60. The Bertz CT molecular complexity index is 1840. The molecule has 0 saturated carbocycles. The second kappa shape index (κ2) is 13.9. The smallest absolute Gasteiger partial charge is 0.415 e. The van der Waals surface area contributed by atoms with Gasteiger partial charge in [-0.25, -0.2) is 4.79 Å². The predicted molar refractivity (Wildman–Crippen MR) is 191 cm³/mol. The van der Waals surface area contributed by atoms with Crippen LogP contribution in [0.15, 0.2) is 54.6 Å². The van der Waals surface area contributed by atoms with E-state index in [4.69, 9.17) is 26.8 Å². The number of nitrogens with two attached hydrogens (primary N) is 1. The van der Waals surface area contributed by atoms with Crippen molar-refractivity contribution in [3.63, 3.8) is 0 Å². The van der Waals surface area contributed by atoms with Crippen LogP contribution in [0.5, 0.6) is 11.5 Å². The number of hydrogen-bond acceptors (Lipinski definition) is 10. The van der Waals surface area contributed by atoms with Gasteiger partial charge < -0.3 is 45.1 Å². The molecule has 5 atom stereocenters. The van der Waals surface area contributed by atoms with Crippen molar-refractivity contribution < 1.29 is 29.3 Å². The van der Waals surface area contributed by atoms with Crippen molar-refractivity contribution in [3.05, 3.63) is 65.9 Å². The summed E-state index contributed by atoms with van der Waals surface area (Å²) in [7, 11) is 5.01. The van der Waals surface area contributed by atoms with Gasteiger partial charge in [0.1, 0.15) is 17.5 Å². The number of nitrogens with zero attached hydrogens (tertiary/aromatic N) is 3. The number of alkyl halides is 1. The third-order valence-electron chi connectivity index (χ3n) is 9.64. The number of rotatable bonds is 7. The number of aromatic nitrogens is 1. The molecule has 254 valence electrons. The maximum atomic E-state index is 14.1. The Morgan fingerprint density at radius 2 is 1.88 bits per heavy atom. The molecule has 4 heterocycles. The molecule has 2 amide bonds. The molecule has 4 aromatic rings. The number of halogens is 1. The van der Waals surface area contributed by atoms with Gasteiger partial charge in [-0.3, -0.25) is 4.79 Å². The summed E-state index contributed by atoms with van der Waals surface area (Å²) >= 11 is 6.54. The summed E-state index contributed by atoms with van der Waals surface area (Å²) in [5.74, 6) is 2.55. The van der Waals surface area contributed by atoms with Gasteiger partial charge in [0.2, 0.25) is 5.91 Å². The lowest BCUT2D eigenvalue weighted by molar-refractivity contribution is -0.139. The van der Waals surface area contributed by atoms with E-state index in [1.54, 1.807) is 38.5 Å². The van der Waals surface area contributed by atoms with E-state index in [1.165, 1.54) is 0 Å². The Labute approximate surface area is 291 Å². The van der Waals surface area contributed by atoms with Crippen molar-refractivity contribution in [2.75, 3.05) is 55.6 Å². The second-order valence-electron chi connectivity index (χ2n) is 12.3. The number of aromatic amines is 1. The number of methoxy groups -OCH3 is 1. The zero-order valence-corrected chi connectivity index (χ0v) is 28.8. The van der Waals surface area contributed by atoms with E-state index in [0.29, 0.717) is 42.6 Å². The number of nitrogens with one attached hydrogen (secondary N) is 1. The Hall–Kier alpha value is -3.33. The fourth-order valence-electron chi connectivity index (χ4n) is 7.25. The predicted octanol–water partition coefficient (Wildman–Crippen LogP) is 4.65. The SMILES string of the molecule is COc1ccc2[nH]c(C(O)N3C[C@@H](CCl)c4c3cc(OC(=O)N3CCN(C(=O)[C@H](N)CO)[C@@H]5CSSCC[C@H]53)c3ccccc43)cc2c1. The van der Waals surface area contributed by atoms with Gasteiger partial charge in [-0.15, -0.1) is 11.6 Å². The van der Waals surface area contributed by atoms with Crippen LogP contribution in [0, 0.1) is 0 Å². The summed E-state index contributed by atoms with van der Waals surface area (Å²) in [4.78, 5) is 35.9. The lowest BCUT2D eigenvalue weighted by atomic mass is 9.95. The molecular weight excluding hydrogens is 674 g/mol. The highest BCUT2D eigenvalue weighted by molar-refractivity contribution is 8.76. The standard InChI is InChI=1S/C34H38ClN5O6S2/c1-45-21-6-7-25-19(12-21)13-26(37-25)33(43)40-16-20(15-35)31-23-5-3-2-4-22(23)30(14-28(31)40)46-34(44)39-10-9-38(32(42)24(36)17-41)29-18-48-47-11-8-27(29)39/h2-7,12-14,20,24,27,29,33,37,41,43H,8-11,15-18,36H2,1H3/t20-,24-,27-,29-,33?/m1/s1. The number of anilines is 1. The number of benzene rings is 3. The quantitative estimate of drug-likeness (QED) is 0.158. The van der Waals surface area contributed by atoms with Gasteiger partial charge in [0, 0.05) is 71.0 Å². The van der Waals surface area contributed by atoms with Gasteiger partial charge in [0.15, 0.2) is 6.23 Å². The molecule has 14 heteroatoms. The third kappa shape index (κ3) is 5.94. The van der Waals surface area contributed by atoms with Gasteiger partial charge in [-0.1, -0.05) is 45.9 Å². The molecule has 3 aromatic carbocycles. The van der Waals surface area contributed by atoms with Crippen LogP contribution in [-0.4, -0.2) is 106 Å². The number of H-pyrrole nitrogens is 1. The average molecular weight is 712 g/mol. The van der Waals surface area contributed by atoms with Crippen LogP contribution in [0.2, 0.25) is 0 Å². The van der Waals surface area contributed by atoms with E-state index in [2.05, 4.69) is 4.98 Å². The first-order valence-electron chi connectivity index (χ1n) is 16.0. The number of piperazine rings is 1. The highest BCUT2D eigenvalue weighted by Crippen LogP contribution is 2.48. The van der Waals surface area contributed by atoms with Crippen LogP contribution in [0.3, 0.4) is 0 Å². The van der Waals surface area contributed by atoms with Crippen LogP contribution >= 0.6 is 33.2 Å². The normalized spacial score (nSPS) is 22.3. The van der Waals surface area contributed by atoms with Gasteiger partial charge in [0.25, 0.3) is 0 Å². The summed E-state index contributed by atoms with van der Waals surface area (Å²) in [5.41, 5.74) is 9.17. The first-order valence-corrected chi connectivity index (χ1v) is 19.0. The summed E-state index contributed by atoms with van der Waals surface area (Å²) in [6, 6.07) is 15.7. The maximum absolute atomic E-state index is 14.1. The van der Waals surface area contributed by atoms with Crippen molar-refractivity contribution in [1.82, 2.24) is 14.8 Å². The van der Waals surface area contributed by atoms with Crippen LogP contribution in [-0.2, 0) is 4.79 Å². The second-order valence-corrected chi connectivity index (χ2v) is 15.3. The maximum Gasteiger partial charge on any atom is 0.415 e. The van der Waals surface area contributed by atoms with Gasteiger partial charge in [-0.05, 0) is 41.6 Å². The lowest BCUT2D eigenvalue weighted by Crippen LogP contribution is -2.65. The Morgan fingerprint density at radius 1 is 1.08 bits per heavy atom. The van der Waals surface area contributed by atoms with Crippen molar-refractivity contribution >= 4 is 72.6 Å². The number of aliphatic hydroxyl groups is 2. The molecule has 0 aliphatic carbocycles. The number of ether oxygens (including phenoxy) is 2. The molecule has 2 saturated heterocycles. The molecule has 2 fully saturated rings. The third-order valence-corrected chi connectivity index (χ3v) is 12.5. The fraction of sp³-hybridized carbons (Fsp3) is 0.412. The average Bonchev–Trinajstić information content (AvgIpc) is 3.62. The molecule has 0 radical (unpaired) electrons. The zero-order chi connectivity index (χ0) is 33.5. The molecule has 5 N–H and O–H groups in total. The van der Waals surface area contributed by atoms with Crippen LogP contribution in [0.4, 0.5) is 10.5 Å². The van der Waals surface area contributed by atoms with Crippen molar-refractivity contribution in [3.8, 4) is 11.5 Å². The van der Waals surface area contributed by atoms with Gasteiger partial charge in [-0.2, -0.15) is 0 Å². The Balaban J connectivity index is 1.22. The highest BCUT2D eigenvalue weighted by Gasteiger charge is 2.44. The number of hydrogen-bond donors (Lipinski definition) is 4. The van der Waals surface area contributed by atoms with E-state index in [9.17, 15) is 19.8 Å². The first-order chi connectivity index (χ1) is 23.3. The number of carbonyl (C=O) groups excluding carboxylic acids is 2. The van der Waals surface area contributed by atoms with Crippen molar-refractivity contribution in [2.45, 2.75) is 36.7 Å². The molecule has 3 aliphatic rings. The fourth-order valence-corrected chi connectivity index (χ4v) is 9.95. The summed E-state index contributed by atoms with van der Waals surface area (Å²) in [6.07, 6.45) is -0.819. The molecule has 1 unspecified atom stereocenters. The van der Waals surface area contributed by atoms with E-state index in [1.807, 2.05) is 59.5 Å². The number of carbonyl (C=O) groups is 2. The molecule has 3 aliphatic heterocycles. The molecular formula is C34H38ClN5O6S2. The van der Waals surface area contributed by atoms with Crippen molar-refractivity contribution in [1.29, 1.82) is 0 Å². The van der Waals surface area contributed by atoms with E-state index < -0.39 is 25.0 Å². The summed E-state index contributed by atoms with van der Waals surface area (Å²) in [6.45, 7) is 0.626. The number of amides is 2. The first kappa shape index (κ1) is 33.2. The Morgan fingerprint density at radius 3 is 2.65 bits per heavy atom. The molecule has 0 bridgehead atoms. The van der Waals surface area contributed by atoms with Crippen LogP contribution < -0.4 is 20.1 Å². The monoisotopic (exact) mass is 711 g/mol. The zero-order valence-electron chi connectivity index (χ0n) is 26.4. The van der Waals surface area contributed by atoms with Crippen LogP contribution in [0.25, 0.3) is 21.7 Å². The molecule has 11 nitrogen and oxygen atoms in total. The molecule has 48 heavy (non-hydrogen) atoms. The number of fused-ring (bicyclic) bond motifs is 5. The highest BCUT2D eigenvalue weighted by atomic mass is 35.5. The molecule has 7 rings (SSSR count). The lowest BCUT2D eigenvalue weighted by Gasteiger charge is -2.46. The van der Waals surface area contributed by atoms with Crippen LogP contribution in [0.1, 0.15) is 29.8 Å². The minimum absolute atomic E-state index is 0.0620. The van der Waals surface area contributed by atoms with Crippen molar-refractivity contribution in [2.24, 2.45) is 5.73 Å². The van der Waals surface area contributed by atoms with Gasteiger partial charge in [0.05, 0.1) is 31.5 Å².